The molecule has 0 saturated carbocycles. The number of thiazole rings is 1. The Labute approximate surface area is 114 Å². The van der Waals surface area contributed by atoms with E-state index in [9.17, 15) is 4.39 Å². The molecule has 19 heavy (non-hydrogen) atoms. The standard InChI is InChI=1S/C14H14FN3S/c1-10(11-2-4-12(15)5-3-11)16-8-13-9-18-6-7-19-14(18)17-13/h2-7,9-10,16H,8H2,1H3/t10-/m0/s1. The van der Waals surface area contributed by atoms with Crippen molar-refractivity contribution < 1.29 is 4.39 Å². The lowest BCUT2D eigenvalue weighted by molar-refractivity contribution is 0.566. The summed E-state index contributed by atoms with van der Waals surface area (Å²) >= 11 is 1.62. The highest BCUT2D eigenvalue weighted by molar-refractivity contribution is 7.15. The van der Waals surface area contributed by atoms with Crippen molar-refractivity contribution >= 4 is 16.3 Å². The molecule has 0 radical (unpaired) electrons. The predicted molar refractivity (Wildman–Crippen MR) is 74.7 cm³/mol. The molecule has 0 fully saturated rings. The molecule has 0 saturated heterocycles. The van der Waals surface area contributed by atoms with Crippen molar-refractivity contribution in [3.63, 3.8) is 0 Å². The molecule has 2 aromatic heterocycles. The van der Waals surface area contributed by atoms with Gasteiger partial charge in [0.25, 0.3) is 0 Å². The summed E-state index contributed by atoms with van der Waals surface area (Å²) in [4.78, 5) is 5.52. The number of fused-ring (bicyclic) bond motifs is 1. The van der Waals surface area contributed by atoms with Crippen LogP contribution in [0.2, 0.25) is 0 Å². The molecule has 0 aliphatic heterocycles. The summed E-state index contributed by atoms with van der Waals surface area (Å²) in [6.07, 6.45) is 4.02. The van der Waals surface area contributed by atoms with Crippen molar-refractivity contribution in [2.45, 2.75) is 19.5 Å². The van der Waals surface area contributed by atoms with E-state index in [-0.39, 0.29) is 11.9 Å². The maximum absolute atomic E-state index is 12.9. The average molecular weight is 275 g/mol. The number of imidazole rings is 1. The van der Waals surface area contributed by atoms with Gasteiger partial charge in [-0.15, -0.1) is 11.3 Å². The third-order valence-electron chi connectivity index (χ3n) is 3.10. The first-order valence-corrected chi connectivity index (χ1v) is 7.00. The second-order valence-electron chi connectivity index (χ2n) is 4.48. The van der Waals surface area contributed by atoms with Gasteiger partial charge in [0.05, 0.1) is 5.69 Å². The molecule has 0 aliphatic carbocycles. The van der Waals surface area contributed by atoms with E-state index in [1.54, 1.807) is 23.5 Å². The molecule has 0 aliphatic rings. The first-order chi connectivity index (χ1) is 9.22. The van der Waals surface area contributed by atoms with Gasteiger partial charge in [0.15, 0.2) is 4.96 Å². The Balaban J connectivity index is 1.65. The van der Waals surface area contributed by atoms with E-state index in [0.29, 0.717) is 6.54 Å². The van der Waals surface area contributed by atoms with Crippen molar-refractivity contribution in [1.82, 2.24) is 14.7 Å². The smallest absolute Gasteiger partial charge is 0.193 e. The van der Waals surface area contributed by atoms with Gasteiger partial charge in [-0.1, -0.05) is 12.1 Å². The average Bonchev–Trinajstić information content (AvgIpc) is 2.97. The van der Waals surface area contributed by atoms with Gasteiger partial charge in [-0.3, -0.25) is 4.40 Å². The van der Waals surface area contributed by atoms with Crippen LogP contribution in [0.4, 0.5) is 4.39 Å². The summed E-state index contributed by atoms with van der Waals surface area (Å²) in [5.74, 6) is -0.203. The molecular formula is C14H14FN3S. The first kappa shape index (κ1) is 12.3. The Morgan fingerprint density at radius 3 is 2.89 bits per heavy atom. The number of aromatic nitrogens is 2. The summed E-state index contributed by atoms with van der Waals surface area (Å²) in [5.41, 5.74) is 2.09. The third kappa shape index (κ3) is 2.67. The van der Waals surface area contributed by atoms with E-state index in [1.807, 2.05) is 22.2 Å². The van der Waals surface area contributed by atoms with Crippen molar-refractivity contribution in [2.24, 2.45) is 0 Å². The lowest BCUT2D eigenvalue weighted by atomic mass is 10.1. The molecule has 0 amide bonds. The summed E-state index contributed by atoms with van der Waals surface area (Å²) in [7, 11) is 0. The van der Waals surface area contributed by atoms with Gasteiger partial charge in [0.2, 0.25) is 0 Å². The molecule has 1 aromatic carbocycles. The number of benzene rings is 1. The molecular weight excluding hydrogens is 261 g/mol. The van der Waals surface area contributed by atoms with E-state index in [1.165, 1.54) is 12.1 Å². The maximum atomic E-state index is 12.9. The number of hydrogen-bond acceptors (Lipinski definition) is 3. The van der Waals surface area contributed by atoms with Crippen molar-refractivity contribution in [3.8, 4) is 0 Å². The van der Waals surface area contributed by atoms with E-state index in [4.69, 9.17) is 0 Å². The molecule has 1 N–H and O–H groups in total. The van der Waals surface area contributed by atoms with E-state index in [0.717, 1.165) is 16.2 Å². The molecule has 0 bridgehead atoms. The minimum Gasteiger partial charge on any atom is -0.305 e. The molecule has 3 aromatic rings. The molecule has 5 heteroatoms. The first-order valence-electron chi connectivity index (χ1n) is 6.12. The normalized spacial score (nSPS) is 12.9. The number of rotatable bonds is 4. The highest BCUT2D eigenvalue weighted by Gasteiger charge is 2.07. The zero-order chi connectivity index (χ0) is 13.2. The Morgan fingerprint density at radius 2 is 2.16 bits per heavy atom. The van der Waals surface area contributed by atoms with Crippen LogP contribution in [0.1, 0.15) is 24.2 Å². The van der Waals surface area contributed by atoms with Gasteiger partial charge < -0.3 is 5.32 Å². The summed E-state index contributed by atoms with van der Waals surface area (Å²) < 4.78 is 14.9. The molecule has 3 rings (SSSR count). The number of halogens is 1. The Morgan fingerprint density at radius 1 is 1.37 bits per heavy atom. The van der Waals surface area contributed by atoms with Crippen molar-refractivity contribution in [2.75, 3.05) is 0 Å². The summed E-state index contributed by atoms with van der Waals surface area (Å²) in [6, 6.07) is 6.75. The lowest BCUT2D eigenvalue weighted by Gasteiger charge is -2.13. The number of hydrogen-bond donors (Lipinski definition) is 1. The molecule has 2 heterocycles. The number of nitrogens with zero attached hydrogens (tertiary/aromatic N) is 2. The van der Waals surface area contributed by atoms with E-state index in [2.05, 4.69) is 17.2 Å². The van der Waals surface area contributed by atoms with Crippen LogP contribution in [0.3, 0.4) is 0 Å². The largest absolute Gasteiger partial charge is 0.305 e. The Bertz CT molecular complexity index is 643. The van der Waals surface area contributed by atoms with E-state index >= 15 is 0 Å². The summed E-state index contributed by atoms with van der Waals surface area (Å²) in [5, 5.41) is 5.41. The molecule has 98 valence electrons. The van der Waals surface area contributed by atoms with Crippen molar-refractivity contribution in [3.05, 3.63) is 59.1 Å². The van der Waals surface area contributed by atoms with Crippen LogP contribution in [0.15, 0.2) is 42.0 Å². The van der Waals surface area contributed by atoms with Crippen LogP contribution in [0, 0.1) is 5.82 Å². The Hall–Kier alpha value is -1.72. The highest BCUT2D eigenvalue weighted by Crippen LogP contribution is 2.15. The maximum Gasteiger partial charge on any atom is 0.193 e. The van der Waals surface area contributed by atoms with Gasteiger partial charge in [0, 0.05) is 30.4 Å². The fraction of sp³-hybridized carbons (Fsp3) is 0.214. The number of nitrogens with one attached hydrogen (secondary N) is 1. The van der Waals surface area contributed by atoms with Gasteiger partial charge in [-0.25, -0.2) is 9.37 Å². The lowest BCUT2D eigenvalue weighted by Crippen LogP contribution is -2.18. The van der Waals surface area contributed by atoms with Gasteiger partial charge >= 0.3 is 0 Å². The second-order valence-corrected chi connectivity index (χ2v) is 5.35. The molecule has 1 atom stereocenters. The SMILES string of the molecule is C[C@H](NCc1cn2ccsc2n1)c1ccc(F)cc1. The monoisotopic (exact) mass is 275 g/mol. The molecule has 3 nitrogen and oxygen atoms in total. The molecule has 0 unspecified atom stereocenters. The zero-order valence-electron chi connectivity index (χ0n) is 10.5. The summed E-state index contributed by atoms with van der Waals surface area (Å²) in [6.45, 7) is 2.76. The zero-order valence-corrected chi connectivity index (χ0v) is 11.3. The van der Waals surface area contributed by atoms with Crippen molar-refractivity contribution in [1.29, 1.82) is 0 Å². The van der Waals surface area contributed by atoms with Crippen LogP contribution in [0.5, 0.6) is 0 Å². The highest BCUT2D eigenvalue weighted by atomic mass is 32.1. The minimum atomic E-state index is -0.203. The fourth-order valence-electron chi connectivity index (χ4n) is 1.99. The second kappa shape index (κ2) is 5.11. The van der Waals surface area contributed by atoms with Crippen LogP contribution < -0.4 is 5.32 Å². The van der Waals surface area contributed by atoms with Crippen LogP contribution in [-0.2, 0) is 6.54 Å². The van der Waals surface area contributed by atoms with Crippen LogP contribution in [0.25, 0.3) is 4.96 Å². The quantitative estimate of drug-likeness (QED) is 0.791. The topological polar surface area (TPSA) is 29.3 Å². The van der Waals surface area contributed by atoms with Crippen LogP contribution >= 0.6 is 11.3 Å². The fourth-order valence-corrected chi connectivity index (χ4v) is 2.71. The minimum absolute atomic E-state index is 0.167. The van der Waals surface area contributed by atoms with Gasteiger partial charge in [-0.05, 0) is 24.6 Å². The molecule has 0 spiro atoms. The third-order valence-corrected chi connectivity index (χ3v) is 3.87. The Kier molecular flexibility index (Phi) is 3.31. The van der Waals surface area contributed by atoms with Gasteiger partial charge in [-0.2, -0.15) is 0 Å². The van der Waals surface area contributed by atoms with E-state index < -0.39 is 0 Å². The van der Waals surface area contributed by atoms with Gasteiger partial charge in [0.1, 0.15) is 5.82 Å². The van der Waals surface area contributed by atoms with Crippen LogP contribution in [-0.4, -0.2) is 9.38 Å². The predicted octanol–water partition coefficient (Wildman–Crippen LogP) is 3.39.